The van der Waals surface area contributed by atoms with E-state index in [-0.39, 0.29) is 21.9 Å². The molecule has 0 heterocycles. The molecule has 1 aliphatic rings. The van der Waals surface area contributed by atoms with Gasteiger partial charge in [0, 0.05) is 17.1 Å². The molecule has 7 heteroatoms. The molecule has 1 aliphatic carbocycles. The smallest absolute Gasteiger partial charge is 0.251 e. The molecule has 23 heavy (non-hydrogen) atoms. The van der Waals surface area contributed by atoms with Crippen molar-refractivity contribution in [3.05, 3.63) is 28.8 Å². The molecule has 0 saturated heterocycles. The first-order chi connectivity index (χ1) is 10.6. The van der Waals surface area contributed by atoms with Crippen LogP contribution in [-0.4, -0.2) is 25.9 Å². The minimum absolute atomic E-state index is 0.0758. The predicted octanol–water partition coefficient (Wildman–Crippen LogP) is 3.09. The van der Waals surface area contributed by atoms with Crippen LogP contribution in [0.1, 0.15) is 56.8 Å². The second-order valence-electron chi connectivity index (χ2n) is 6.96. The number of hydrogen-bond donors (Lipinski definition) is 2. The van der Waals surface area contributed by atoms with Gasteiger partial charge in [-0.15, -0.1) is 0 Å². The van der Waals surface area contributed by atoms with Crippen LogP contribution in [0.25, 0.3) is 0 Å². The average molecular weight is 359 g/mol. The molecule has 0 aromatic heterocycles. The summed E-state index contributed by atoms with van der Waals surface area (Å²) in [5, 5.41) is 3.04. The number of carbonyl (C=O) groups excluding carboxylic acids is 1. The van der Waals surface area contributed by atoms with Gasteiger partial charge in [-0.25, -0.2) is 13.1 Å². The number of benzene rings is 1. The monoisotopic (exact) mass is 358 g/mol. The topological polar surface area (TPSA) is 75.3 Å². The van der Waals surface area contributed by atoms with E-state index < -0.39 is 15.6 Å². The van der Waals surface area contributed by atoms with E-state index in [1.807, 2.05) is 0 Å². The molecular formula is C16H23ClN2O3S. The zero-order valence-electron chi connectivity index (χ0n) is 13.6. The Hall–Kier alpha value is -1.11. The predicted molar refractivity (Wildman–Crippen MR) is 91.2 cm³/mol. The second kappa shape index (κ2) is 6.79. The van der Waals surface area contributed by atoms with Gasteiger partial charge in [0.2, 0.25) is 10.0 Å². The van der Waals surface area contributed by atoms with Gasteiger partial charge in [-0.1, -0.05) is 24.4 Å². The third-order valence-electron chi connectivity index (χ3n) is 3.61. The van der Waals surface area contributed by atoms with E-state index in [4.69, 9.17) is 11.6 Å². The maximum Gasteiger partial charge on any atom is 0.251 e. The van der Waals surface area contributed by atoms with Gasteiger partial charge < -0.3 is 5.32 Å². The number of halogens is 1. The van der Waals surface area contributed by atoms with E-state index in [1.165, 1.54) is 12.1 Å². The molecule has 0 bridgehead atoms. The second-order valence-corrected chi connectivity index (χ2v) is 9.01. The van der Waals surface area contributed by atoms with E-state index in [0.29, 0.717) is 5.56 Å². The van der Waals surface area contributed by atoms with Gasteiger partial charge in [0.15, 0.2) is 0 Å². The molecule has 2 rings (SSSR count). The normalized spacial score (nSPS) is 16.5. The van der Waals surface area contributed by atoms with Crippen LogP contribution < -0.4 is 10.0 Å². The molecule has 1 amide bonds. The maximum atomic E-state index is 12.5. The molecule has 128 valence electrons. The third-order valence-corrected chi connectivity index (χ3v) is 5.85. The first-order valence-corrected chi connectivity index (χ1v) is 9.59. The summed E-state index contributed by atoms with van der Waals surface area (Å²) in [6, 6.07) is 4.50. The van der Waals surface area contributed by atoms with Crippen LogP contribution in [0.2, 0.25) is 5.02 Å². The number of amides is 1. The summed E-state index contributed by atoms with van der Waals surface area (Å²) in [7, 11) is -3.79. The molecule has 0 unspecified atom stereocenters. The van der Waals surface area contributed by atoms with Crippen LogP contribution in [-0.2, 0) is 10.0 Å². The number of sulfonamides is 1. The largest absolute Gasteiger partial charge is 0.349 e. The van der Waals surface area contributed by atoms with E-state index in [9.17, 15) is 13.2 Å². The highest BCUT2D eigenvalue weighted by Crippen LogP contribution is 2.24. The Balaban J connectivity index is 2.26. The molecule has 1 aromatic carbocycles. The minimum Gasteiger partial charge on any atom is -0.349 e. The van der Waals surface area contributed by atoms with Crippen molar-refractivity contribution in [3.63, 3.8) is 0 Å². The summed E-state index contributed by atoms with van der Waals surface area (Å²) in [4.78, 5) is 12.2. The Morgan fingerprint density at radius 3 is 2.39 bits per heavy atom. The lowest BCUT2D eigenvalue weighted by Gasteiger charge is -2.21. The highest BCUT2D eigenvalue weighted by molar-refractivity contribution is 7.89. The van der Waals surface area contributed by atoms with E-state index in [2.05, 4.69) is 10.0 Å². The van der Waals surface area contributed by atoms with Gasteiger partial charge >= 0.3 is 0 Å². The summed E-state index contributed by atoms with van der Waals surface area (Å²) in [6.07, 6.45) is 4.16. The summed E-state index contributed by atoms with van der Waals surface area (Å²) < 4.78 is 27.5. The lowest BCUT2D eigenvalue weighted by molar-refractivity contribution is 0.0937. The van der Waals surface area contributed by atoms with Gasteiger partial charge in [-0.2, -0.15) is 0 Å². The zero-order chi connectivity index (χ0) is 17.3. The molecule has 0 aliphatic heterocycles. The summed E-state index contributed by atoms with van der Waals surface area (Å²) in [5.74, 6) is -0.263. The van der Waals surface area contributed by atoms with Crippen molar-refractivity contribution in [1.29, 1.82) is 0 Å². The fourth-order valence-electron chi connectivity index (χ4n) is 2.65. The fourth-order valence-corrected chi connectivity index (χ4v) is 4.59. The standard InChI is InChI=1S/C16H23ClN2O3S/c1-16(2,3)19-23(21,22)14-10-11(8-9-13(14)17)15(20)18-12-6-4-5-7-12/h8-10,12,19H,4-7H2,1-3H3,(H,18,20). The first-order valence-electron chi connectivity index (χ1n) is 7.73. The van der Waals surface area contributed by atoms with E-state index in [0.717, 1.165) is 25.7 Å². The molecule has 1 saturated carbocycles. The minimum atomic E-state index is -3.79. The highest BCUT2D eigenvalue weighted by atomic mass is 35.5. The van der Waals surface area contributed by atoms with Crippen molar-refractivity contribution in [1.82, 2.24) is 10.0 Å². The maximum absolute atomic E-state index is 12.5. The van der Waals surface area contributed by atoms with E-state index in [1.54, 1.807) is 26.8 Å². The van der Waals surface area contributed by atoms with Crippen molar-refractivity contribution in [2.45, 2.75) is 62.9 Å². The quantitative estimate of drug-likeness (QED) is 0.868. The van der Waals surface area contributed by atoms with Crippen molar-refractivity contribution >= 4 is 27.5 Å². The molecule has 1 aromatic rings. The molecule has 0 spiro atoms. The number of nitrogens with one attached hydrogen (secondary N) is 2. The van der Waals surface area contributed by atoms with Crippen LogP contribution in [0.15, 0.2) is 23.1 Å². The van der Waals surface area contributed by atoms with Gasteiger partial charge in [0.05, 0.1) is 5.02 Å². The number of rotatable bonds is 4. The average Bonchev–Trinajstić information content (AvgIpc) is 2.88. The highest BCUT2D eigenvalue weighted by Gasteiger charge is 2.26. The van der Waals surface area contributed by atoms with Crippen molar-refractivity contribution < 1.29 is 13.2 Å². The number of carbonyl (C=O) groups is 1. The lowest BCUT2D eigenvalue weighted by Crippen LogP contribution is -2.40. The Kier molecular flexibility index (Phi) is 5.38. The van der Waals surface area contributed by atoms with Gasteiger partial charge in [-0.3, -0.25) is 4.79 Å². The fraction of sp³-hybridized carbons (Fsp3) is 0.562. The van der Waals surface area contributed by atoms with Crippen LogP contribution in [0.3, 0.4) is 0 Å². The Morgan fingerprint density at radius 1 is 1.22 bits per heavy atom. The van der Waals surface area contributed by atoms with Crippen molar-refractivity contribution in [3.8, 4) is 0 Å². The molecule has 0 atom stereocenters. The Bertz CT molecular complexity index is 690. The zero-order valence-corrected chi connectivity index (χ0v) is 15.2. The molecular weight excluding hydrogens is 336 g/mol. The van der Waals surface area contributed by atoms with Gasteiger partial charge in [0.25, 0.3) is 5.91 Å². The SMILES string of the molecule is CC(C)(C)NS(=O)(=O)c1cc(C(=O)NC2CCCC2)ccc1Cl. The Morgan fingerprint density at radius 2 is 1.83 bits per heavy atom. The van der Waals surface area contributed by atoms with Crippen LogP contribution >= 0.6 is 11.6 Å². The van der Waals surface area contributed by atoms with Crippen LogP contribution in [0.4, 0.5) is 0 Å². The third kappa shape index (κ3) is 4.93. The van der Waals surface area contributed by atoms with Crippen molar-refractivity contribution in [2.75, 3.05) is 0 Å². The van der Waals surface area contributed by atoms with Gasteiger partial charge in [-0.05, 0) is 51.8 Å². The van der Waals surface area contributed by atoms with E-state index >= 15 is 0 Å². The Labute approximate surface area is 142 Å². The summed E-state index contributed by atoms with van der Waals surface area (Å²) >= 11 is 6.03. The lowest BCUT2D eigenvalue weighted by atomic mass is 10.1. The summed E-state index contributed by atoms with van der Waals surface area (Å²) in [5.41, 5.74) is -0.333. The first kappa shape index (κ1) is 18.2. The molecule has 2 N–H and O–H groups in total. The van der Waals surface area contributed by atoms with Gasteiger partial charge in [0.1, 0.15) is 4.90 Å². The molecule has 0 radical (unpaired) electrons. The van der Waals surface area contributed by atoms with Crippen LogP contribution in [0.5, 0.6) is 0 Å². The van der Waals surface area contributed by atoms with Crippen LogP contribution in [0, 0.1) is 0 Å². The summed E-state index contributed by atoms with van der Waals surface area (Å²) in [6.45, 7) is 5.24. The number of hydrogen-bond acceptors (Lipinski definition) is 3. The molecule has 5 nitrogen and oxygen atoms in total. The van der Waals surface area contributed by atoms with Crippen molar-refractivity contribution in [2.24, 2.45) is 0 Å². The molecule has 1 fully saturated rings.